The third kappa shape index (κ3) is 3.27. The maximum Gasteiger partial charge on any atom is 0.255 e. The van der Waals surface area contributed by atoms with E-state index in [4.69, 9.17) is 4.74 Å². The maximum absolute atomic E-state index is 12.7. The van der Waals surface area contributed by atoms with Crippen molar-refractivity contribution < 1.29 is 14.3 Å². The van der Waals surface area contributed by atoms with E-state index in [1.165, 1.54) is 0 Å². The van der Waals surface area contributed by atoms with Crippen molar-refractivity contribution in [1.82, 2.24) is 15.2 Å². The van der Waals surface area contributed by atoms with Gasteiger partial charge in [-0.05, 0) is 37.1 Å². The molecule has 26 heavy (non-hydrogen) atoms. The summed E-state index contributed by atoms with van der Waals surface area (Å²) in [7, 11) is 0. The number of amides is 2. The number of benzene rings is 1. The molecule has 0 saturated carbocycles. The number of likely N-dealkylation sites (tertiary alicyclic amines) is 1. The molecule has 2 aliphatic rings. The number of carbonyl (C=O) groups is 2. The fourth-order valence-electron chi connectivity index (χ4n) is 3.66. The van der Waals surface area contributed by atoms with E-state index in [2.05, 4.69) is 10.3 Å². The second kappa shape index (κ2) is 6.78. The molecule has 6 nitrogen and oxygen atoms in total. The molecule has 0 unspecified atom stereocenters. The molecule has 1 atom stereocenters. The van der Waals surface area contributed by atoms with Gasteiger partial charge in [0.15, 0.2) is 0 Å². The topological polar surface area (TPSA) is 71.5 Å². The highest BCUT2D eigenvalue weighted by molar-refractivity contribution is 5.97. The van der Waals surface area contributed by atoms with Crippen molar-refractivity contribution in [3.05, 3.63) is 59.9 Å². The highest BCUT2D eigenvalue weighted by atomic mass is 16.5. The molecule has 4 rings (SSSR count). The quantitative estimate of drug-likeness (QED) is 0.896. The molecule has 1 N–H and O–H groups in total. The van der Waals surface area contributed by atoms with Crippen LogP contribution in [0, 0.1) is 0 Å². The monoisotopic (exact) mass is 351 g/mol. The van der Waals surface area contributed by atoms with Gasteiger partial charge in [-0.25, -0.2) is 0 Å². The van der Waals surface area contributed by atoms with Crippen molar-refractivity contribution in [2.24, 2.45) is 0 Å². The van der Waals surface area contributed by atoms with E-state index in [0.717, 1.165) is 18.5 Å². The van der Waals surface area contributed by atoms with Crippen molar-refractivity contribution in [3.8, 4) is 5.75 Å². The average Bonchev–Trinajstić information content (AvgIpc) is 2.80. The van der Waals surface area contributed by atoms with Crippen LogP contribution < -0.4 is 10.1 Å². The minimum atomic E-state index is -0.583. The summed E-state index contributed by atoms with van der Waals surface area (Å²) in [5.41, 5.74) is 0.721. The molecule has 0 aliphatic carbocycles. The van der Waals surface area contributed by atoms with E-state index < -0.39 is 5.60 Å². The summed E-state index contributed by atoms with van der Waals surface area (Å²) in [6.07, 6.45) is 3.61. The highest BCUT2D eigenvalue weighted by Gasteiger charge is 2.42. The lowest BCUT2D eigenvalue weighted by atomic mass is 9.92. The molecular weight excluding hydrogens is 330 g/mol. The SMILES string of the molecule is O=C1NC[C@@]2(CCCN(C(=O)Cc3ccccn3)C2)Oc2ccccc21. The third-order valence-corrected chi connectivity index (χ3v) is 4.98. The fraction of sp³-hybridized carbons (Fsp3) is 0.350. The molecule has 1 aromatic heterocycles. The van der Waals surface area contributed by atoms with E-state index in [0.29, 0.717) is 30.9 Å². The summed E-state index contributed by atoms with van der Waals surface area (Å²) in [5, 5.41) is 2.96. The predicted octanol–water partition coefficient (Wildman–Crippen LogP) is 1.81. The van der Waals surface area contributed by atoms with Gasteiger partial charge in [-0.15, -0.1) is 0 Å². The first-order chi connectivity index (χ1) is 12.7. The Bertz CT molecular complexity index is 824. The van der Waals surface area contributed by atoms with Crippen LogP contribution in [0.3, 0.4) is 0 Å². The number of nitrogens with one attached hydrogen (secondary N) is 1. The van der Waals surface area contributed by atoms with Crippen LogP contribution in [0.25, 0.3) is 0 Å². The van der Waals surface area contributed by atoms with E-state index in [9.17, 15) is 9.59 Å². The van der Waals surface area contributed by atoms with Crippen LogP contribution in [0.1, 0.15) is 28.9 Å². The number of ether oxygens (including phenoxy) is 1. The molecule has 0 bridgehead atoms. The minimum absolute atomic E-state index is 0.0373. The Morgan fingerprint density at radius 1 is 1.23 bits per heavy atom. The van der Waals surface area contributed by atoms with Gasteiger partial charge in [-0.2, -0.15) is 0 Å². The van der Waals surface area contributed by atoms with Crippen LogP contribution in [-0.4, -0.2) is 46.9 Å². The number of pyridine rings is 1. The van der Waals surface area contributed by atoms with E-state index in [1.54, 1.807) is 12.3 Å². The largest absolute Gasteiger partial charge is 0.483 e. The predicted molar refractivity (Wildman–Crippen MR) is 95.9 cm³/mol. The summed E-state index contributed by atoms with van der Waals surface area (Å²) in [4.78, 5) is 31.1. The molecule has 1 saturated heterocycles. The number of hydrogen-bond donors (Lipinski definition) is 1. The summed E-state index contributed by atoms with van der Waals surface area (Å²) >= 11 is 0. The Kier molecular flexibility index (Phi) is 4.32. The zero-order valence-electron chi connectivity index (χ0n) is 14.5. The molecule has 1 spiro atoms. The van der Waals surface area contributed by atoms with Gasteiger partial charge in [0, 0.05) is 18.4 Å². The summed E-state index contributed by atoms with van der Waals surface area (Å²) in [5.74, 6) is 0.492. The Hall–Kier alpha value is -2.89. The van der Waals surface area contributed by atoms with Crippen molar-refractivity contribution in [3.63, 3.8) is 0 Å². The van der Waals surface area contributed by atoms with Gasteiger partial charge in [0.25, 0.3) is 5.91 Å². The zero-order valence-corrected chi connectivity index (χ0v) is 14.5. The van der Waals surface area contributed by atoms with Crippen molar-refractivity contribution >= 4 is 11.8 Å². The lowest BCUT2D eigenvalue weighted by Gasteiger charge is -2.42. The molecule has 0 radical (unpaired) electrons. The van der Waals surface area contributed by atoms with E-state index in [1.807, 2.05) is 41.3 Å². The molecule has 2 aliphatic heterocycles. The van der Waals surface area contributed by atoms with Crippen molar-refractivity contribution in [1.29, 1.82) is 0 Å². The van der Waals surface area contributed by atoms with E-state index in [-0.39, 0.29) is 18.2 Å². The van der Waals surface area contributed by atoms with Crippen molar-refractivity contribution in [2.75, 3.05) is 19.6 Å². The second-order valence-corrected chi connectivity index (χ2v) is 6.88. The van der Waals surface area contributed by atoms with Crippen molar-refractivity contribution in [2.45, 2.75) is 24.9 Å². The number of para-hydroxylation sites is 1. The van der Waals surface area contributed by atoms with Crippen LogP contribution in [0.5, 0.6) is 5.75 Å². The summed E-state index contributed by atoms with van der Waals surface area (Å²) in [6, 6.07) is 12.8. The third-order valence-electron chi connectivity index (χ3n) is 4.98. The van der Waals surface area contributed by atoms with Crippen LogP contribution in [0.15, 0.2) is 48.7 Å². The Morgan fingerprint density at radius 2 is 2.08 bits per heavy atom. The second-order valence-electron chi connectivity index (χ2n) is 6.88. The smallest absolute Gasteiger partial charge is 0.255 e. The molecular formula is C20H21N3O3. The zero-order chi connectivity index (χ0) is 18.0. The van der Waals surface area contributed by atoms with Gasteiger partial charge < -0.3 is 15.0 Å². The first-order valence-electron chi connectivity index (χ1n) is 8.89. The normalized spacial score (nSPS) is 22.2. The number of fused-ring (bicyclic) bond motifs is 1. The molecule has 6 heteroatoms. The standard InChI is InChI=1S/C20H21N3O3/c24-18(12-15-6-3-4-10-21-15)23-11-5-9-20(14-23)13-22-19(25)16-7-1-2-8-17(16)26-20/h1-4,6-8,10H,5,9,11-14H2,(H,22,25)/t20-/m1/s1. The van der Waals surface area contributed by atoms with Gasteiger partial charge >= 0.3 is 0 Å². The molecule has 134 valence electrons. The van der Waals surface area contributed by atoms with Gasteiger partial charge in [-0.3, -0.25) is 14.6 Å². The fourth-order valence-corrected chi connectivity index (χ4v) is 3.66. The average molecular weight is 351 g/mol. The number of piperidine rings is 1. The van der Waals surface area contributed by atoms with Crippen LogP contribution in [0.4, 0.5) is 0 Å². The lowest BCUT2D eigenvalue weighted by Crippen LogP contribution is -2.58. The highest BCUT2D eigenvalue weighted by Crippen LogP contribution is 2.32. The number of nitrogens with zero attached hydrogens (tertiary/aromatic N) is 2. The van der Waals surface area contributed by atoms with E-state index >= 15 is 0 Å². The first-order valence-corrected chi connectivity index (χ1v) is 8.89. The number of hydrogen-bond acceptors (Lipinski definition) is 4. The van der Waals surface area contributed by atoms with Crippen LogP contribution >= 0.6 is 0 Å². The molecule has 3 heterocycles. The minimum Gasteiger partial charge on any atom is -0.483 e. The molecule has 1 fully saturated rings. The van der Waals surface area contributed by atoms with Gasteiger partial charge in [0.2, 0.25) is 5.91 Å². The molecule has 2 aromatic rings. The Morgan fingerprint density at radius 3 is 2.92 bits per heavy atom. The molecule has 2 amide bonds. The lowest BCUT2D eigenvalue weighted by molar-refractivity contribution is -0.136. The van der Waals surface area contributed by atoms with Gasteiger partial charge in [0.05, 0.1) is 25.1 Å². The molecule has 1 aromatic carbocycles. The van der Waals surface area contributed by atoms with Crippen LogP contribution in [0.2, 0.25) is 0 Å². The summed E-state index contributed by atoms with van der Waals surface area (Å²) < 4.78 is 6.29. The Balaban J connectivity index is 1.53. The van der Waals surface area contributed by atoms with Gasteiger partial charge in [0.1, 0.15) is 11.4 Å². The van der Waals surface area contributed by atoms with Gasteiger partial charge in [-0.1, -0.05) is 18.2 Å². The number of carbonyl (C=O) groups excluding carboxylic acids is 2. The number of rotatable bonds is 2. The maximum atomic E-state index is 12.7. The number of aromatic nitrogens is 1. The first kappa shape index (κ1) is 16.6. The Labute approximate surface area is 152 Å². The summed E-state index contributed by atoms with van der Waals surface area (Å²) in [6.45, 7) is 1.56. The van der Waals surface area contributed by atoms with Crippen LogP contribution in [-0.2, 0) is 11.2 Å².